The molecule has 0 aliphatic carbocycles. The van der Waals surface area contributed by atoms with Gasteiger partial charge in [0.25, 0.3) is 5.91 Å². The van der Waals surface area contributed by atoms with Crippen LogP contribution in [0.2, 0.25) is 0 Å². The second-order valence-electron chi connectivity index (χ2n) is 7.77. The molecule has 26 heavy (non-hydrogen) atoms. The van der Waals surface area contributed by atoms with Crippen LogP contribution in [0, 0.1) is 5.92 Å². The molecule has 0 saturated carbocycles. The number of H-pyrrole nitrogens is 1. The third-order valence-electron chi connectivity index (χ3n) is 5.53. The van der Waals surface area contributed by atoms with Crippen LogP contribution in [0.25, 0.3) is 0 Å². The van der Waals surface area contributed by atoms with Crippen molar-refractivity contribution in [3.05, 3.63) is 17.3 Å². The fourth-order valence-corrected chi connectivity index (χ4v) is 3.95. The van der Waals surface area contributed by atoms with Gasteiger partial charge in [0.05, 0.1) is 16.8 Å². The third-order valence-corrected chi connectivity index (χ3v) is 5.53. The molecule has 0 radical (unpaired) electrons. The number of carbonyl (C=O) groups is 1. The van der Waals surface area contributed by atoms with Gasteiger partial charge in [-0.25, -0.2) is 4.99 Å². The van der Waals surface area contributed by atoms with Crippen molar-refractivity contribution in [2.45, 2.75) is 97.3 Å². The first-order valence-electron chi connectivity index (χ1n) is 10.7. The summed E-state index contributed by atoms with van der Waals surface area (Å²) in [6, 6.07) is 0. The van der Waals surface area contributed by atoms with Crippen molar-refractivity contribution in [2.24, 2.45) is 10.9 Å². The molecule has 2 heterocycles. The van der Waals surface area contributed by atoms with Gasteiger partial charge in [-0.15, -0.1) is 0 Å². The van der Waals surface area contributed by atoms with E-state index in [9.17, 15) is 9.90 Å². The van der Waals surface area contributed by atoms with Gasteiger partial charge in [0.15, 0.2) is 5.88 Å². The van der Waals surface area contributed by atoms with E-state index < -0.39 is 0 Å². The van der Waals surface area contributed by atoms with E-state index in [1.165, 1.54) is 77.0 Å². The summed E-state index contributed by atoms with van der Waals surface area (Å²) in [6.45, 7) is 4.49. The number of hydrogen-bond acceptors (Lipinski definition) is 2. The number of hydrogen-bond donors (Lipinski definition) is 2. The lowest BCUT2D eigenvalue weighted by atomic mass is 9.88. The van der Waals surface area contributed by atoms with Crippen LogP contribution in [0.5, 0.6) is 5.88 Å². The quantitative estimate of drug-likeness (QED) is 0.377. The summed E-state index contributed by atoms with van der Waals surface area (Å²) in [6.07, 6.45) is 17.7. The number of aromatic nitrogens is 1. The topological polar surface area (TPSA) is 65.5 Å². The molecule has 2 N–H and O–H groups in total. The Kier molecular flexibility index (Phi) is 8.93. The maximum Gasteiger partial charge on any atom is 0.279 e. The molecular formula is C22H36N2O2. The molecule has 0 saturated heterocycles. The number of unbranched alkanes of at least 4 members (excludes halogenated alkanes) is 8. The van der Waals surface area contributed by atoms with E-state index in [2.05, 4.69) is 23.8 Å². The standard InChI is InChI=1S/C22H36N2O2/c1-3-5-7-9-10-12-14-17(13-11-8-6-4-2)15-19-20-18(21(25)24-19)16-23-22(20)26/h16-17,23,26H,3-15H2,1-2H3. The van der Waals surface area contributed by atoms with Gasteiger partial charge >= 0.3 is 0 Å². The molecule has 1 aromatic heterocycles. The van der Waals surface area contributed by atoms with E-state index in [1.54, 1.807) is 6.20 Å². The minimum Gasteiger partial charge on any atom is -0.494 e. The number of carbonyl (C=O) groups excluding carboxylic acids is 1. The minimum atomic E-state index is -0.212. The van der Waals surface area contributed by atoms with Gasteiger partial charge < -0.3 is 10.1 Å². The molecule has 0 bridgehead atoms. The summed E-state index contributed by atoms with van der Waals surface area (Å²) in [5.41, 5.74) is 1.97. The van der Waals surface area contributed by atoms with Crippen LogP contribution in [0.15, 0.2) is 11.2 Å². The van der Waals surface area contributed by atoms with E-state index in [1.807, 2.05) is 0 Å². The van der Waals surface area contributed by atoms with E-state index in [0.29, 0.717) is 17.0 Å². The summed E-state index contributed by atoms with van der Waals surface area (Å²) in [4.78, 5) is 19.0. The van der Waals surface area contributed by atoms with Crippen molar-refractivity contribution in [3.8, 4) is 5.88 Å². The van der Waals surface area contributed by atoms with Gasteiger partial charge in [0.2, 0.25) is 0 Å². The Bertz CT molecular complexity index is 589. The Morgan fingerprint density at radius 2 is 1.54 bits per heavy atom. The van der Waals surface area contributed by atoms with Crippen molar-refractivity contribution < 1.29 is 9.90 Å². The number of rotatable bonds is 14. The minimum absolute atomic E-state index is 0.0916. The maximum absolute atomic E-state index is 12.0. The molecule has 1 aliphatic heterocycles. The molecule has 4 heteroatoms. The summed E-state index contributed by atoms with van der Waals surface area (Å²) >= 11 is 0. The Morgan fingerprint density at radius 3 is 2.19 bits per heavy atom. The van der Waals surface area contributed by atoms with Crippen LogP contribution in [0.1, 0.15) is 113 Å². The Hall–Kier alpha value is -1.58. The zero-order valence-corrected chi connectivity index (χ0v) is 16.6. The monoisotopic (exact) mass is 360 g/mol. The second kappa shape index (κ2) is 11.2. The molecule has 2 rings (SSSR count). The van der Waals surface area contributed by atoms with Gasteiger partial charge in [-0.2, -0.15) is 0 Å². The fraction of sp³-hybridized carbons (Fsp3) is 0.727. The fourth-order valence-electron chi connectivity index (χ4n) is 3.95. The normalized spacial score (nSPS) is 14.5. The average molecular weight is 361 g/mol. The number of nitrogens with one attached hydrogen (secondary N) is 1. The highest BCUT2D eigenvalue weighted by Gasteiger charge is 2.29. The summed E-state index contributed by atoms with van der Waals surface area (Å²) in [5, 5.41) is 10.0. The van der Waals surface area contributed by atoms with Crippen molar-refractivity contribution in [2.75, 3.05) is 0 Å². The number of aromatic hydroxyl groups is 1. The van der Waals surface area contributed by atoms with Crippen molar-refractivity contribution >= 4 is 11.6 Å². The Morgan fingerprint density at radius 1 is 0.962 bits per heavy atom. The first-order valence-corrected chi connectivity index (χ1v) is 10.7. The number of amides is 1. The first kappa shape index (κ1) is 20.7. The summed E-state index contributed by atoms with van der Waals surface area (Å²) in [7, 11) is 0. The lowest BCUT2D eigenvalue weighted by molar-refractivity contribution is 0.101. The Balaban J connectivity index is 1.88. The molecule has 4 nitrogen and oxygen atoms in total. The van der Waals surface area contributed by atoms with Crippen LogP contribution in [0.3, 0.4) is 0 Å². The van der Waals surface area contributed by atoms with Crippen molar-refractivity contribution in [3.63, 3.8) is 0 Å². The van der Waals surface area contributed by atoms with Crippen molar-refractivity contribution in [1.82, 2.24) is 4.98 Å². The average Bonchev–Trinajstić information content (AvgIpc) is 3.16. The SMILES string of the molecule is CCCCCCCCC(CCCCCC)CC1=NC(=O)c2c[nH]c(O)c21. The number of aromatic amines is 1. The van der Waals surface area contributed by atoms with Crippen LogP contribution < -0.4 is 0 Å². The largest absolute Gasteiger partial charge is 0.494 e. The Labute approximate surface area is 158 Å². The number of aliphatic imine (C=N–C) groups is 1. The van der Waals surface area contributed by atoms with Crippen LogP contribution in [-0.4, -0.2) is 21.7 Å². The molecule has 0 spiro atoms. The van der Waals surface area contributed by atoms with E-state index in [-0.39, 0.29) is 11.8 Å². The highest BCUT2D eigenvalue weighted by Crippen LogP contribution is 2.32. The first-order chi connectivity index (χ1) is 12.7. The van der Waals surface area contributed by atoms with E-state index >= 15 is 0 Å². The van der Waals surface area contributed by atoms with Crippen molar-refractivity contribution in [1.29, 1.82) is 0 Å². The van der Waals surface area contributed by atoms with E-state index in [0.717, 1.165) is 12.1 Å². The summed E-state index contributed by atoms with van der Waals surface area (Å²) in [5.74, 6) is 0.439. The summed E-state index contributed by atoms with van der Waals surface area (Å²) < 4.78 is 0. The van der Waals surface area contributed by atoms with Gasteiger partial charge in [0.1, 0.15) is 0 Å². The molecular weight excluding hydrogens is 324 g/mol. The second-order valence-corrected chi connectivity index (χ2v) is 7.77. The lowest BCUT2D eigenvalue weighted by Crippen LogP contribution is -2.09. The maximum atomic E-state index is 12.0. The van der Waals surface area contributed by atoms with Gasteiger partial charge in [-0.3, -0.25) is 4.79 Å². The lowest BCUT2D eigenvalue weighted by Gasteiger charge is -2.17. The van der Waals surface area contributed by atoms with Gasteiger partial charge in [-0.1, -0.05) is 90.9 Å². The molecule has 1 unspecified atom stereocenters. The van der Waals surface area contributed by atoms with Gasteiger partial charge in [-0.05, 0) is 12.3 Å². The highest BCUT2D eigenvalue weighted by molar-refractivity contribution is 6.22. The van der Waals surface area contributed by atoms with Crippen LogP contribution >= 0.6 is 0 Å². The molecule has 1 aliphatic rings. The number of fused-ring (bicyclic) bond motifs is 1. The molecule has 146 valence electrons. The molecule has 1 aromatic rings. The van der Waals surface area contributed by atoms with E-state index in [4.69, 9.17) is 0 Å². The number of nitrogens with zero attached hydrogens (tertiary/aromatic N) is 1. The predicted octanol–water partition coefficient (Wildman–Crippen LogP) is 6.39. The predicted molar refractivity (Wildman–Crippen MR) is 108 cm³/mol. The highest BCUT2D eigenvalue weighted by atomic mass is 16.3. The zero-order valence-electron chi connectivity index (χ0n) is 16.6. The smallest absolute Gasteiger partial charge is 0.279 e. The molecule has 0 aromatic carbocycles. The van der Waals surface area contributed by atoms with Crippen LogP contribution in [-0.2, 0) is 0 Å². The zero-order chi connectivity index (χ0) is 18.8. The van der Waals surface area contributed by atoms with Crippen LogP contribution in [0.4, 0.5) is 0 Å². The van der Waals surface area contributed by atoms with Gasteiger partial charge in [0, 0.05) is 6.20 Å². The molecule has 1 amide bonds. The molecule has 0 fully saturated rings. The third kappa shape index (κ3) is 6.00. The molecule has 1 atom stereocenters.